The first-order chi connectivity index (χ1) is 8.29. The molecule has 3 aromatic rings. The van der Waals surface area contributed by atoms with Gasteiger partial charge in [0.05, 0.1) is 12.0 Å². The molecule has 3 heterocycles. The van der Waals surface area contributed by atoms with Crippen LogP contribution in [0.4, 0.5) is 0 Å². The highest BCUT2D eigenvalue weighted by molar-refractivity contribution is 7.25. The van der Waals surface area contributed by atoms with Crippen molar-refractivity contribution in [1.29, 1.82) is 0 Å². The number of aromatic nitrogens is 3. The predicted octanol–water partition coefficient (Wildman–Crippen LogP) is 3.48. The van der Waals surface area contributed by atoms with E-state index in [1.165, 1.54) is 11.3 Å². The molecule has 0 amide bonds. The molecule has 0 saturated heterocycles. The molecule has 0 atom stereocenters. The van der Waals surface area contributed by atoms with Crippen molar-refractivity contribution in [2.45, 2.75) is 0 Å². The number of halogens is 1. The second-order valence-electron chi connectivity index (χ2n) is 3.17. The Hall–Kier alpha value is -1.24. The minimum Gasteiger partial charge on any atom is -0.479 e. The molecular weight excluding hydrogens is 278 g/mol. The van der Waals surface area contributed by atoms with Gasteiger partial charge in [-0.15, -0.1) is 32.9 Å². The Kier molecular flexibility index (Phi) is 2.70. The van der Waals surface area contributed by atoms with Gasteiger partial charge < -0.3 is 4.74 Å². The van der Waals surface area contributed by atoms with Gasteiger partial charge in [0.2, 0.25) is 0 Å². The molecule has 0 N–H and O–H groups in total. The van der Waals surface area contributed by atoms with E-state index in [1.807, 2.05) is 17.5 Å². The van der Waals surface area contributed by atoms with Crippen molar-refractivity contribution in [1.82, 2.24) is 15.2 Å². The number of nitrogens with zero attached hydrogens (tertiary/aromatic N) is 3. The molecule has 3 rings (SSSR count). The summed E-state index contributed by atoms with van der Waals surface area (Å²) >= 11 is 9.12. The van der Waals surface area contributed by atoms with Crippen LogP contribution < -0.4 is 4.74 Å². The van der Waals surface area contributed by atoms with Crippen molar-refractivity contribution >= 4 is 44.5 Å². The molecule has 7 heteroatoms. The molecule has 0 radical (unpaired) electrons. The summed E-state index contributed by atoms with van der Waals surface area (Å²) in [6.07, 6.45) is 0. The van der Waals surface area contributed by atoms with Crippen LogP contribution in [0.5, 0.6) is 5.88 Å². The van der Waals surface area contributed by atoms with E-state index < -0.39 is 0 Å². The highest BCUT2D eigenvalue weighted by Gasteiger charge is 2.15. The third-order valence-corrected chi connectivity index (χ3v) is 4.51. The van der Waals surface area contributed by atoms with Crippen LogP contribution in [-0.2, 0) is 0 Å². The smallest absolute Gasteiger partial charge is 0.253 e. The lowest BCUT2D eigenvalue weighted by molar-refractivity contribution is 0.398. The van der Waals surface area contributed by atoms with Crippen molar-refractivity contribution < 1.29 is 4.74 Å². The lowest BCUT2D eigenvalue weighted by atomic mass is 10.4. The SMILES string of the molecule is COc1nnc(Cl)c2nc(-c3cccs3)sc12. The summed E-state index contributed by atoms with van der Waals surface area (Å²) in [6.45, 7) is 0. The van der Waals surface area contributed by atoms with E-state index in [4.69, 9.17) is 16.3 Å². The van der Waals surface area contributed by atoms with Crippen LogP contribution in [0.1, 0.15) is 0 Å². The molecule has 0 saturated carbocycles. The summed E-state index contributed by atoms with van der Waals surface area (Å²) in [5, 5.41) is 10.9. The maximum atomic E-state index is 5.98. The van der Waals surface area contributed by atoms with Crippen molar-refractivity contribution in [3.8, 4) is 15.8 Å². The monoisotopic (exact) mass is 283 g/mol. The molecule has 0 aliphatic heterocycles. The average molecular weight is 284 g/mol. The van der Waals surface area contributed by atoms with Crippen molar-refractivity contribution in [2.75, 3.05) is 7.11 Å². The van der Waals surface area contributed by atoms with Crippen LogP contribution in [0.2, 0.25) is 5.15 Å². The summed E-state index contributed by atoms with van der Waals surface area (Å²) < 4.78 is 5.98. The van der Waals surface area contributed by atoms with E-state index in [9.17, 15) is 0 Å². The molecule has 4 nitrogen and oxygen atoms in total. The van der Waals surface area contributed by atoms with Gasteiger partial charge in [-0.3, -0.25) is 0 Å². The van der Waals surface area contributed by atoms with Crippen LogP contribution in [-0.4, -0.2) is 22.3 Å². The Bertz CT molecular complexity index is 666. The summed E-state index contributed by atoms with van der Waals surface area (Å²) in [5.41, 5.74) is 0.645. The number of methoxy groups -OCH3 is 1. The summed E-state index contributed by atoms with van der Waals surface area (Å²) in [7, 11) is 1.56. The van der Waals surface area contributed by atoms with Crippen molar-refractivity contribution in [2.24, 2.45) is 0 Å². The van der Waals surface area contributed by atoms with Gasteiger partial charge in [0.15, 0.2) is 5.15 Å². The van der Waals surface area contributed by atoms with E-state index in [0.29, 0.717) is 16.5 Å². The average Bonchev–Trinajstić information content (AvgIpc) is 2.98. The van der Waals surface area contributed by atoms with Crippen LogP contribution in [0.3, 0.4) is 0 Å². The number of rotatable bonds is 2. The zero-order chi connectivity index (χ0) is 11.8. The minimum absolute atomic E-state index is 0.305. The third kappa shape index (κ3) is 1.78. The number of hydrogen-bond acceptors (Lipinski definition) is 6. The second-order valence-corrected chi connectivity index (χ2v) is 5.48. The maximum absolute atomic E-state index is 5.98. The largest absolute Gasteiger partial charge is 0.479 e. The molecule has 17 heavy (non-hydrogen) atoms. The van der Waals surface area contributed by atoms with Crippen molar-refractivity contribution in [3.05, 3.63) is 22.7 Å². The fourth-order valence-corrected chi connectivity index (χ4v) is 3.48. The zero-order valence-corrected chi connectivity index (χ0v) is 11.1. The Balaban J connectivity index is 2.28. The molecule has 3 aromatic heterocycles. The first-order valence-electron chi connectivity index (χ1n) is 4.70. The van der Waals surface area contributed by atoms with Crippen LogP contribution >= 0.6 is 34.3 Å². The summed E-state index contributed by atoms with van der Waals surface area (Å²) in [4.78, 5) is 5.58. The number of thiophene rings is 1. The fourth-order valence-electron chi connectivity index (χ4n) is 1.43. The number of ether oxygens (including phenoxy) is 1. The molecule has 0 unspecified atom stereocenters. The summed E-state index contributed by atoms with van der Waals surface area (Å²) in [6, 6.07) is 4.00. The Morgan fingerprint density at radius 1 is 1.35 bits per heavy atom. The molecule has 0 fully saturated rings. The normalized spacial score (nSPS) is 10.9. The summed E-state index contributed by atoms with van der Waals surface area (Å²) in [5.74, 6) is 0.463. The van der Waals surface area contributed by atoms with E-state index in [-0.39, 0.29) is 0 Å². The lowest BCUT2D eigenvalue weighted by Crippen LogP contribution is -1.91. The first kappa shape index (κ1) is 10.9. The molecule has 0 bridgehead atoms. The molecular formula is C10H6ClN3OS2. The van der Waals surface area contributed by atoms with Gasteiger partial charge >= 0.3 is 0 Å². The van der Waals surface area contributed by atoms with Crippen LogP contribution in [0, 0.1) is 0 Å². The van der Waals surface area contributed by atoms with E-state index in [1.54, 1.807) is 18.4 Å². The van der Waals surface area contributed by atoms with Crippen LogP contribution in [0.15, 0.2) is 17.5 Å². The Morgan fingerprint density at radius 2 is 2.24 bits per heavy atom. The minimum atomic E-state index is 0.305. The number of hydrogen-bond donors (Lipinski definition) is 0. The third-order valence-electron chi connectivity index (χ3n) is 2.17. The fraction of sp³-hybridized carbons (Fsp3) is 0.100. The van der Waals surface area contributed by atoms with E-state index >= 15 is 0 Å². The predicted molar refractivity (Wildman–Crippen MR) is 70.1 cm³/mol. The van der Waals surface area contributed by atoms with Gasteiger partial charge in [0.25, 0.3) is 5.88 Å². The highest BCUT2D eigenvalue weighted by Crippen LogP contribution is 2.38. The highest BCUT2D eigenvalue weighted by atomic mass is 35.5. The zero-order valence-electron chi connectivity index (χ0n) is 8.68. The van der Waals surface area contributed by atoms with Crippen molar-refractivity contribution in [3.63, 3.8) is 0 Å². The lowest BCUT2D eigenvalue weighted by Gasteiger charge is -1.97. The molecule has 0 spiro atoms. The van der Waals surface area contributed by atoms with Gasteiger partial charge in [0, 0.05) is 0 Å². The van der Waals surface area contributed by atoms with Gasteiger partial charge in [-0.25, -0.2) is 4.98 Å². The van der Waals surface area contributed by atoms with Gasteiger partial charge in [-0.2, -0.15) is 0 Å². The quantitative estimate of drug-likeness (QED) is 0.722. The number of thiazole rings is 1. The maximum Gasteiger partial charge on any atom is 0.253 e. The van der Waals surface area contributed by atoms with Gasteiger partial charge in [-0.1, -0.05) is 17.7 Å². The van der Waals surface area contributed by atoms with Gasteiger partial charge in [-0.05, 0) is 11.4 Å². The number of fused-ring (bicyclic) bond motifs is 1. The first-order valence-corrected chi connectivity index (χ1v) is 6.77. The Labute approximate surface area is 110 Å². The molecule has 0 aromatic carbocycles. The molecule has 86 valence electrons. The molecule has 0 aliphatic rings. The van der Waals surface area contributed by atoms with E-state index in [0.717, 1.165) is 14.6 Å². The second kappa shape index (κ2) is 4.21. The van der Waals surface area contributed by atoms with Gasteiger partial charge in [0.1, 0.15) is 15.2 Å². The molecule has 0 aliphatic carbocycles. The standard InChI is InChI=1S/C10H6ClN3OS2/c1-15-9-7-6(8(11)13-14-9)12-10(17-7)5-3-2-4-16-5/h2-4H,1H3. The van der Waals surface area contributed by atoms with E-state index in [2.05, 4.69) is 15.2 Å². The topological polar surface area (TPSA) is 47.9 Å². The Morgan fingerprint density at radius 3 is 2.94 bits per heavy atom. The van der Waals surface area contributed by atoms with Crippen LogP contribution in [0.25, 0.3) is 20.1 Å².